The van der Waals surface area contributed by atoms with E-state index in [1.165, 1.54) is 6.07 Å². The Morgan fingerprint density at radius 3 is 2.71 bits per heavy atom. The summed E-state index contributed by atoms with van der Waals surface area (Å²) in [6, 6.07) is 3.11. The summed E-state index contributed by atoms with van der Waals surface area (Å²) in [6.45, 7) is 5.78. The zero-order chi connectivity index (χ0) is 22.4. The number of nitrogens with two attached hydrogens (primary N) is 1. The van der Waals surface area contributed by atoms with Gasteiger partial charge in [-0.05, 0) is 48.6 Å². The maximum atomic E-state index is 14.6. The van der Waals surface area contributed by atoms with E-state index < -0.39 is 6.10 Å². The summed E-state index contributed by atoms with van der Waals surface area (Å²) in [7, 11) is 0. The monoisotopic (exact) mass is 425 g/mol. The third kappa shape index (κ3) is 3.14. The zero-order valence-electron chi connectivity index (χ0n) is 17.7. The van der Waals surface area contributed by atoms with E-state index in [0.29, 0.717) is 41.0 Å². The largest absolute Gasteiger partial charge is 0.463 e. The van der Waals surface area contributed by atoms with Crippen LogP contribution in [0.5, 0.6) is 0 Å². The second kappa shape index (κ2) is 7.86. The first kappa shape index (κ1) is 21.1. The summed E-state index contributed by atoms with van der Waals surface area (Å²) in [6.07, 6.45) is -0.282. The molecule has 1 unspecified atom stereocenters. The summed E-state index contributed by atoms with van der Waals surface area (Å²) in [5.74, 6) is -0.371. The molecule has 31 heavy (non-hydrogen) atoms. The first-order valence-corrected chi connectivity index (χ1v) is 10.2. The number of rotatable bonds is 6. The summed E-state index contributed by atoms with van der Waals surface area (Å²) in [4.78, 5) is 28.6. The predicted octanol–water partition coefficient (Wildman–Crippen LogP) is 2.62. The lowest BCUT2D eigenvalue weighted by Crippen LogP contribution is -2.26. The fourth-order valence-electron chi connectivity index (χ4n) is 4.58. The Bertz CT molecular complexity index is 1280. The normalized spacial score (nSPS) is 13.2. The van der Waals surface area contributed by atoms with Gasteiger partial charge in [-0.1, -0.05) is 6.92 Å². The Labute approximate surface area is 178 Å². The maximum absolute atomic E-state index is 14.6. The van der Waals surface area contributed by atoms with Gasteiger partial charge in [0.15, 0.2) is 0 Å². The van der Waals surface area contributed by atoms with Gasteiger partial charge in [-0.15, -0.1) is 0 Å². The van der Waals surface area contributed by atoms with Gasteiger partial charge in [0.2, 0.25) is 0 Å². The molecule has 0 aliphatic carbocycles. The minimum atomic E-state index is -0.942. The second-order valence-electron chi connectivity index (χ2n) is 7.77. The summed E-state index contributed by atoms with van der Waals surface area (Å²) in [5, 5.41) is 11.1. The summed E-state index contributed by atoms with van der Waals surface area (Å²) in [5.41, 5.74) is 11.0. The molecule has 2 aromatic heterocycles. The number of fused-ring (bicyclic) bond motifs is 4. The highest BCUT2D eigenvalue weighted by molar-refractivity contribution is 5.91. The number of aromatic nitrogens is 2. The number of benzene rings is 1. The van der Waals surface area contributed by atoms with Crippen LogP contribution in [0.15, 0.2) is 16.9 Å². The summed E-state index contributed by atoms with van der Waals surface area (Å²) >= 11 is 0. The number of nitrogens with zero attached hydrogens (tertiary/aromatic N) is 2. The highest BCUT2D eigenvalue weighted by Gasteiger charge is 2.29. The minimum Gasteiger partial charge on any atom is -0.463 e. The lowest BCUT2D eigenvalue weighted by Gasteiger charge is -2.16. The molecule has 1 aliphatic rings. The molecule has 1 aliphatic heterocycles. The molecule has 3 heterocycles. The van der Waals surface area contributed by atoms with Crippen molar-refractivity contribution in [2.75, 3.05) is 0 Å². The van der Waals surface area contributed by atoms with Gasteiger partial charge in [-0.2, -0.15) is 0 Å². The minimum absolute atomic E-state index is 0.180. The van der Waals surface area contributed by atoms with Crippen molar-refractivity contribution in [2.45, 2.75) is 53.0 Å². The van der Waals surface area contributed by atoms with Gasteiger partial charge in [0.1, 0.15) is 12.4 Å². The average molecular weight is 425 g/mol. The molecule has 0 bridgehead atoms. The maximum Gasteiger partial charge on any atom is 0.293 e. The van der Waals surface area contributed by atoms with Gasteiger partial charge in [-0.3, -0.25) is 9.59 Å². The first-order valence-electron chi connectivity index (χ1n) is 10.2. The van der Waals surface area contributed by atoms with E-state index in [4.69, 9.17) is 15.5 Å². The van der Waals surface area contributed by atoms with Crippen molar-refractivity contribution < 1.29 is 19.0 Å². The van der Waals surface area contributed by atoms with Crippen molar-refractivity contribution in [2.24, 2.45) is 5.73 Å². The smallest absolute Gasteiger partial charge is 0.293 e. The molecule has 1 aromatic carbocycles. The lowest BCUT2D eigenvalue weighted by atomic mass is 9.92. The zero-order valence-corrected chi connectivity index (χ0v) is 17.7. The molecule has 162 valence electrons. The van der Waals surface area contributed by atoms with Crippen LogP contribution in [0.4, 0.5) is 4.39 Å². The van der Waals surface area contributed by atoms with Crippen LogP contribution >= 0.6 is 0 Å². The number of hydrogen-bond donors (Lipinski definition) is 2. The number of carbonyl (C=O) groups excluding carboxylic acids is 1. The molecule has 7 nitrogen and oxygen atoms in total. The molecule has 1 atom stereocenters. The van der Waals surface area contributed by atoms with E-state index >= 15 is 0 Å². The van der Waals surface area contributed by atoms with Crippen LogP contribution < -0.4 is 11.3 Å². The third-order valence-electron chi connectivity index (χ3n) is 6.11. The molecule has 0 saturated carbocycles. The van der Waals surface area contributed by atoms with Crippen LogP contribution in [-0.4, -0.2) is 21.1 Å². The lowest BCUT2D eigenvalue weighted by molar-refractivity contribution is -0.129. The van der Waals surface area contributed by atoms with Crippen molar-refractivity contribution in [3.05, 3.63) is 61.7 Å². The topological polar surface area (TPSA) is 107 Å². The van der Waals surface area contributed by atoms with Gasteiger partial charge in [0.05, 0.1) is 35.1 Å². The van der Waals surface area contributed by atoms with Crippen LogP contribution in [0.25, 0.3) is 22.3 Å². The van der Waals surface area contributed by atoms with Crippen molar-refractivity contribution >= 4 is 17.4 Å². The van der Waals surface area contributed by atoms with E-state index in [1.54, 1.807) is 24.5 Å². The Morgan fingerprint density at radius 2 is 2.10 bits per heavy atom. The van der Waals surface area contributed by atoms with Crippen LogP contribution in [0.3, 0.4) is 0 Å². The number of aryl methyl sites for hydroxylation is 1. The molecule has 0 spiro atoms. The highest BCUT2D eigenvalue weighted by Crippen LogP contribution is 2.39. The fourth-order valence-corrected chi connectivity index (χ4v) is 4.58. The van der Waals surface area contributed by atoms with Crippen LogP contribution in [0.2, 0.25) is 0 Å². The number of hydrogen-bond acceptors (Lipinski definition) is 6. The van der Waals surface area contributed by atoms with Gasteiger partial charge >= 0.3 is 0 Å². The number of carbonyl (C=O) groups is 1. The number of ether oxygens (including phenoxy) is 1. The molecule has 0 fully saturated rings. The van der Waals surface area contributed by atoms with Crippen LogP contribution in [0.1, 0.15) is 53.3 Å². The van der Waals surface area contributed by atoms with Gasteiger partial charge in [0.25, 0.3) is 12.0 Å². The van der Waals surface area contributed by atoms with Crippen molar-refractivity contribution in [1.82, 2.24) is 9.55 Å². The molecule has 8 heteroatoms. The molecule has 0 radical (unpaired) electrons. The molecule has 0 amide bonds. The van der Waals surface area contributed by atoms with E-state index in [9.17, 15) is 19.1 Å². The van der Waals surface area contributed by atoms with Gasteiger partial charge in [0, 0.05) is 23.6 Å². The Morgan fingerprint density at radius 1 is 1.35 bits per heavy atom. The number of aliphatic hydroxyl groups is 1. The van der Waals surface area contributed by atoms with E-state index in [0.717, 1.165) is 22.1 Å². The molecule has 3 N–H and O–H groups in total. The number of halogens is 1. The first-order chi connectivity index (χ1) is 14.8. The fraction of sp³-hybridized carbons (Fsp3) is 0.348. The number of aliphatic hydroxyl groups excluding tert-OH is 1. The molecule has 3 aromatic rings. The number of pyridine rings is 2. The molecular formula is C23H24FN3O4. The van der Waals surface area contributed by atoms with Crippen LogP contribution in [0, 0.1) is 12.7 Å². The highest BCUT2D eigenvalue weighted by atomic mass is 19.1. The van der Waals surface area contributed by atoms with Gasteiger partial charge in [-0.25, -0.2) is 9.37 Å². The summed E-state index contributed by atoms with van der Waals surface area (Å²) < 4.78 is 20.9. The standard InChI is InChI=1S/C23H24FN3O4/c1-4-13-16-8-27-20(5-14(12(3)29)17(23(27)30)9-31-10-28)22(16)26-19-6-18(24)11(2)15(7-25)21(13)19/h5-6,10,12,29H,4,7-9,25H2,1-3H3. The van der Waals surface area contributed by atoms with E-state index in [2.05, 4.69) is 0 Å². The quantitative estimate of drug-likeness (QED) is 0.460. The third-order valence-corrected chi connectivity index (χ3v) is 6.11. The van der Waals surface area contributed by atoms with E-state index in [-0.39, 0.29) is 36.6 Å². The Balaban J connectivity index is 2.06. The molecular weight excluding hydrogens is 401 g/mol. The average Bonchev–Trinajstić information content (AvgIpc) is 3.11. The van der Waals surface area contributed by atoms with Crippen molar-refractivity contribution in [1.29, 1.82) is 0 Å². The predicted molar refractivity (Wildman–Crippen MR) is 114 cm³/mol. The SMILES string of the molecule is CCc1c2c(nc3cc(F)c(C)c(CN)c13)-c1cc(C(C)O)c(COC=O)c(=O)n1C2. The molecule has 0 saturated heterocycles. The van der Waals surface area contributed by atoms with Gasteiger partial charge < -0.3 is 20.1 Å². The molecule has 4 rings (SSSR count). The van der Waals surface area contributed by atoms with Crippen molar-refractivity contribution in [3.8, 4) is 11.4 Å². The Kier molecular flexibility index (Phi) is 5.36. The second-order valence-corrected chi connectivity index (χ2v) is 7.77. The van der Waals surface area contributed by atoms with Crippen LogP contribution in [-0.2, 0) is 35.6 Å². The van der Waals surface area contributed by atoms with E-state index in [1.807, 2.05) is 6.92 Å². The van der Waals surface area contributed by atoms with Crippen molar-refractivity contribution in [3.63, 3.8) is 0 Å². The Hall–Kier alpha value is -3.10.